The lowest BCUT2D eigenvalue weighted by atomic mass is 10.2. The van der Waals surface area contributed by atoms with Crippen LogP contribution in [0.25, 0.3) is 0 Å². The number of phenols is 1. The van der Waals surface area contributed by atoms with E-state index < -0.39 is 16.4 Å². The topological polar surface area (TPSA) is 72.6 Å². The van der Waals surface area contributed by atoms with Gasteiger partial charge in [-0.1, -0.05) is 12.1 Å². The summed E-state index contributed by atoms with van der Waals surface area (Å²) in [6.07, 6.45) is 0. The Labute approximate surface area is 115 Å². The minimum atomic E-state index is -0.698. The van der Waals surface area contributed by atoms with E-state index in [1.165, 1.54) is 12.1 Å². The third-order valence-corrected chi connectivity index (χ3v) is 2.89. The monoisotopic (exact) mass is 327 g/mol. The molecule has 2 aromatic carbocycles. The number of benzene rings is 2. The van der Waals surface area contributed by atoms with Gasteiger partial charge in [-0.15, -0.1) is 0 Å². The van der Waals surface area contributed by atoms with Gasteiger partial charge in [0.2, 0.25) is 5.75 Å². The van der Waals surface area contributed by atoms with E-state index >= 15 is 0 Å². The van der Waals surface area contributed by atoms with Crippen molar-refractivity contribution in [2.45, 2.75) is 0 Å². The molecule has 2 rings (SSSR count). The summed E-state index contributed by atoms with van der Waals surface area (Å²) in [6, 6.07) is 7.81. The smallest absolute Gasteiger partial charge is 0.312 e. The molecule has 0 radical (unpaired) electrons. The number of halogens is 2. The van der Waals surface area contributed by atoms with Crippen LogP contribution in [-0.2, 0) is 0 Å². The van der Waals surface area contributed by atoms with Crippen LogP contribution in [0.1, 0.15) is 0 Å². The van der Waals surface area contributed by atoms with E-state index in [0.29, 0.717) is 0 Å². The molecule has 0 unspecified atom stereocenters. The zero-order chi connectivity index (χ0) is 14.0. The average Bonchev–Trinajstić information content (AvgIpc) is 2.36. The summed E-state index contributed by atoms with van der Waals surface area (Å²) in [5.74, 6) is -1.17. The summed E-state index contributed by atoms with van der Waals surface area (Å²) in [6.45, 7) is 0. The average molecular weight is 328 g/mol. The molecule has 2 aromatic rings. The molecule has 0 amide bonds. The van der Waals surface area contributed by atoms with Crippen LogP contribution in [0.2, 0.25) is 0 Å². The molecule has 0 atom stereocenters. The molecular weight excluding hydrogens is 321 g/mol. The van der Waals surface area contributed by atoms with Crippen molar-refractivity contribution >= 4 is 21.6 Å². The number of ether oxygens (including phenoxy) is 1. The highest BCUT2D eigenvalue weighted by Gasteiger charge is 2.20. The largest absolute Gasteiger partial charge is 0.504 e. The molecule has 0 bridgehead atoms. The normalized spacial score (nSPS) is 10.2. The van der Waals surface area contributed by atoms with E-state index in [2.05, 4.69) is 15.9 Å². The second kappa shape index (κ2) is 5.23. The zero-order valence-electron chi connectivity index (χ0n) is 9.34. The van der Waals surface area contributed by atoms with Crippen LogP contribution in [0.5, 0.6) is 17.2 Å². The fourth-order valence-corrected chi connectivity index (χ4v) is 1.74. The van der Waals surface area contributed by atoms with Gasteiger partial charge in [0.05, 0.1) is 9.40 Å². The van der Waals surface area contributed by atoms with E-state index in [1.54, 1.807) is 12.1 Å². The molecule has 1 N–H and O–H groups in total. The number of hydrogen-bond acceptors (Lipinski definition) is 4. The van der Waals surface area contributed by atoms with Gasteiger partial charge in [-0.05, 0) is 28.1 Å². The molecule has 0 fully saturated rings. The first-order valence-electron chi connectivity index (χ1n) is 5.08. The fourth-order valence-electron chi connectivity index (χ4n) is 1.40. The summed E-state index contributed by atoms with van der Waals surface area (Å²) in [7, 11) is 0. The third kappa shape index (κ3) is 2.82. The zero-order valence-corrected chi connectivity index (χ0v) is 10.9. The van der Waals surface area contributed by atoms with Crippen molar-refractivity contribution < 1.29 is 19.2 Å². The summed E-state index contributed by atoms with van der Waals surface area (Å²) in [5, 5.41) is 20.4. The molecule has 0 aliphatic rings. The lowest BCUT2D eigenvalue weighted by Crippen LogP contribution is -1.95. The maximum absolute atomic E-state index is 13.4. The maximum Gasteiger partial charge on any atom is 0.312 e. The Morgan fingerprint density at radius 3 is 2.58 bits per heavy atom. The Bertz CT molecular complexity index is 648. The van der Waals surface area contributed by atoms with Crippen LogP contribution >= 0.6 is 15.9 Å². The van der Waals surface area contributed by atoms with Gasteiger partial charge in [0.15, 0.2) is 11.5 Å². The molecule has 0 aromatic heterocycles. The molecule has 98 valence electrons. The van der Waals surface area contributed by atoms with Crippen molar-refractivity contribution in [3.8, 4) is 17.2 Å². The minimum absolute atomic E-state index is 0.00678. The van der Waals surface area contributed by atoms with Crippen molar-refractivity contribution in [3.63, 3.8) is 0 Å². The van der Waals surface area contributed by atoms with Gasteiger partial charge in [0.25, 0.3) is 0 Å². The Hall–Kier alpha value is -2.15. The van der Waals surface area contributed by atoms with E-state index in [1.807, 2.05) is 0 Å². The first-order chi connectivity index (χ1) is 8.99. The van der Waals surface area contributed by atoms with Crippen molar-refractivity contribution in [2.24, 2.45) is 0 Å². The summed E-state index contributed by atoms with van der Waals surface area (Å²) < 4.78 is 18.6. The standard InChI is InChI=1S/C12H7BrFNO4/c13-7-5-9(15(17)18)12(6-8(7)14)19-11-4-2-1-3-10(11)16/h1-6,16H. The Morgan fingerprint density at radius 1 is 1.26 bits per heavy atom. The number of aromatic hydroxyl groups is 1. The lowest BCUT2D eigenvalue weighted by Gasteiger charge is -2.08. The van der Waals surface area contributed by atoms with E-state index in [4.69, 9.17) is 4.74 Å². The van der Waals surface area contributed by atoms with Crippen LogP contribution in [0.3, 0.4) is 0 Å². The highest BCUT2D eigenvalue weighted by molar-refractivity contribution is 9.10. The Balaban J connectivity index is 2.48. The molecule has 0 aliphatic heterocycles. The van der Waals surface area contributed by atoms with E-state index in [9.17, 15) is 19.6 Å². The fraction of sp³-hybridized carbons (Fsp3) is 0. The van der Waals surface area contributed by atoms with Gasteiger partial charge in [0, 0.05) is 12.1 Å². The van der Waals surface area contributed by atoms with Gasteiger partial charge in [-0.3, -0.25) is 10.1 Å². The number of hydrogen-bond donors (Lipinski definition) is 1. The van der Waals surface area contributed by atoms with Crippen molar-refractivity contribution in [2.75, 3.05) is 0 Å². The maximum atomic E-state index is 13.4. The van der Waals surface area contributed by atoms with Crippen LogP contribution in [-0.4, -0.2) is 10.0 Å². The van der Waals surface area contributed by atoms with Crippen molar-refractivity contribution in [3.05, 3.63) is 56.8 Å². The number of nitro benzene ring substituents is 1. The molecule has 0 aliphatic carbocycles. The molecule has 0 saturated carbocycles. The number of nitrogens with zero attached hydrogens (tertiary/aromatic N) is 1. The SMILES string of the molecule is O=[N+]([O-])c1cc(Br)c(F)cc1Oc1ccccc1O. The van der Waals surface area contributed by atoms with Crippen LogP contribution in [0, 0.1) is 15.9 Å². The van der Waals surface area contributed by atoms with Gasteiger partial charge in [0.1, 0.15) is 5.82 Å². The second-order valence-corrected chi connectivity index (χ2v) is 4.42. The van der Waals surface area contributed by atoms with Crippen molar-refractivity contribution in [1.29, 1.82) is 0 Å². The quantitative estimate of drug-likeness (QED) is 0.683. The van der Waals surface area contributed by atoms with Crippen molar-refractivity contribution in [1.82, 2.24) is 0 Å². The Morgan fingerprint density at radius 2 is 1.95 bits per heavy atom. The molecule has 0 heterocycles. The Kier molecular flexibility index (Phi) is 3.66. The summed E-state index contributed by atoms with van der Waals surface area (Å²) >= 11 is 2.86. The van der Waals surface area contributed by atoms with Crippen LogP contribution in [0.4, 0.5) is 10.1 Å². The van der Waals surface area contributed by atoms with Crippen LogP contribution in [0.15, 0.2) is 40.9 Å². The summed E-state index contributed by atoms with van der Waals surface area (Å²) in [4.78, 5) is 10.2. The molecule has 0 spiro atoms. The molecule has 0 saturated heterocycles. The third-order valence-electron chi connectivity index (χ3n) is 2.28. The predicted molar refractivity (Wildman–Crippen MR) is 68.9 cm³/mol. The lowest BCUT2D eigenvalue weighted by molar-refractivity contribution is -0.385. The van der Waals surface area contributed by atoms with Gasteiger partial charge in [-0.25, -0.2) is 4.39 Å². The minimum Gasteiger partial charge on any atom is -0.504 e. The number of phenolic OH excluding ortho intramolecular Hbond substituents is 1. The van der Waals surface area contributed by atoms with E-state index in [-0.39, 0.29) is 21.7 Å². The summed E-state index contributed by atoms with van der Waals surface area (Å²) in [5.41, 5.74) is -0.406. The first-order valence-corrected chi connectivity index (χ1v) is 5.87. The molecular formula is C12H7BrFNO4. The highest BCUT2D eigenvalue weighted by atomic mass is 79.9. The predicted octanol–water partition coefficient (Wildman–Crippen LogP) is 3.99. The van der Waals surface area contributed by atoms with Gasteiger partial charge < -0.3 is 9.84 Å². The molecule has 5 nitrogen and oxygen atoms in total. The van der Waals surface area contributed by atoms with Crippen LogP contribution < -0.4 is 4.74 Å². The first kappa shape index (κ1) is 13.3. The molecule has 19 heavy (non-hydrogen) atoms. The molecule has 7 heteroatoms. The van der Waals surface area contributed by atoms with Gasteiger partial charge in [-0.2, -0.15) is 0 Å². The van der Waals surface area contributed by atoms with E-state index in [0.717, 1.165) is 12.1 Å². The second-order valence-electron chi connectivity index (χ2n) is 3.56. The number of nitro groups is 1. The number of para-hydroxylation sites is 2. The highest BCUT2D eigenvalue weighted by Crippen LogP contribution is 2.38. The van der Waals surface area contributed by atoms with Gasteiger partial charge >= 0.3 is 5.69 Å². The number of rotatable bonds is 3.